The number of rotatable bonds is 14. The number of aliphatic hydroxyl groups excluding tert-OH is 1. The third-order valence-corrected chi connectivity index (χ3v) is 13.1. The molecule has 6 rings (SSSR count). The highest BCUT2D eigenvalue weighted by atomic mass is 19.1. The molecule has 2 aromatic rings. The third kappa shape index (κ3) is 8.09. The molecule has 0 aliphatic heterocycles. The molecule has 0 radical (unpaired) electrons. The molecule has 3 saturated carbocycles. The van der Waals surface area contributed by atoms with Crippen molar-refractivity contribution in [2.24, 2.45) is 29.1 Å². The van der Waals surface area contributed by atoms with Crippen LogP contribution in [0.3, 0.4) is 0 Å². The lowest BCUT2D eigenvalue weighted by Crippen LogP contribution is -2.51. The number of halogens is 1. The van der Waals surface area contributed by atoms with E-state index >= 15 is 4.39 Å². The van der Waals surface area contributed by atoms with Gasteiger partial charge in [-0.1, -0.05) is 94.7 Å². The lowest BCUT2D eigenvalue weighted by molar-refractivity contribution is -0.131. The molecule has 4 aliphatic carbocycles. The van der Waals surface area contributed by atoms with Crippen molar-refractivity contribution in [2.75, 3.05) is 13.1 Å². The molecule has 3 fully saturated rings. The van der Waals surface area contributed by atoms with Crippen LogP contribution in [0.4, 0.5) is 4.39 Å². The second-order valence-corrected chi connectivity index (χ2v) is 16.1. The van der Waals surface area contributed by atoms with Gasteiger partial charge < -0.3 is 15.1 Å². The van der Waals surface area contributed by atoms with Crippen molar-refractivity contribution in [2.45, 2.75) is 141 Å². The smallest absolute Gasteiger partial charge is 0.222 e. The van der Waals surface area contributed by atoms with Crippen LogP contribution in [0.5, 0.6) is 5.75 Å². The first-order valence-corrected chi connectivity index (χ1v) is 19.3. The molecule has 6 unspecified atom stereocenters. The van der Waals surface area contributed by atoms with Crippen molar-refractivity contribution in [1.82, 2.24) is 4.90 Å². The van der Waals surface area contributed by atoms with Gasteiger partial charge in [0.2, 0.25) is 5.91 Å². The molecular weight excluding hydrogens is 585 g/mol. The first kappa shape index (κ1) is 34.5. The van der Waals surface area contributed by atoms with Gasteiger partial charge in [0.05, 0.1) is 6.10 Å². The number of hydrogen-bond acceptors (Lipinski definition) is 3. The first-order valence-electron chi connectivity index (χ1n) is 19.3. The van der Waals surface area contributed by atoms with Crippen LogP contribution < -0.4 is 0 Å². The summed E-state index contributed by atoms with van der Waals surface area (Å²) in [4.78, 5) is 15.6. The third-order valence-electron chi connectivity index (χ3n) is 13.1. The molecule has 47 heavy (non-hydrogen) atoms. The maximum Gasteiger partial charge on any atom is 0.222 e. The number of amides is 1. The molecule has 0 aromatic heterocycles. The van der Waals surface area contributed by atoms with Crippen LogP contribution in [-0.2, 0) is 17.6 Å². The summed E-state index contributed by atoms with van der Waals surface area (Å²) in [6.07, 6.45) is 17.5. The average Bonchev–Trinajstić information content (AvgIpc) is 3.37. The number of aromatic hydroxyl groups is 1. The maximum absolute atomic E-state index is 16.1. The van der Waals surface area contributed by atoms with Gasteiger partial charge in [0.15, 0.2) is 0 Å². The second-order valence-electron chi connectivity index (χ2n) is 16.1. The lowest BCUT2D eigenvalue weighted by Gasteiger charge is -2.54. The zero-order valence-electron chi connectivity index (χ0n) is 28.9. The lowest BCUT2D eigenvalue weighted by atomic mass is 9.51. The number of aryl methyl sites for hydroxylation is 1. The number of nitrogens with zero attached hydrogens (tertiary/aromatic N) is 1. The fraction of sp³-hybridized carbons (Fsp3) is 0.690. The molecule has 2 N–H and O–H groups in total. The Morgan fingerprint density at radius 2 is 1.68 bits per heavy atom. The molecule has 0 heterocycles. The van der Waals surface area contributed by atoms with Gasteiger partial charge in [0.1, 0.15) is 11.9 Å². The van der Waals surface area contributed by atoms with E-state index in [2.05, 4.69) is 42.2 Å². The molecule has 5 heteroatoms. The number of unbranched alkanes of at least 4 members (excludes halogenated alkanes) is 3. The molecule has 1 amide bonds. The van der Waals surface area contributed by atoms with Crippen LogP contribution in [0.2, 0.25) is 0 Å². The number of aliphatic hydroxyl groups is 1. The highest BCUT2D eigenvalue weighted by Gasteiger charge is 2.59. The number of carbonyl (C=O) groups is 1. The molecule has 4 aliphatic rings. The predicted octanol–water partition coefficient (Wildman–Crippen LogP) is 9.56. The predicted molar refractivity (Wildman–Crippen MR) is 188 cm³/mol. The fourth-order valence-corrected chi connectivity index (χ4v) is 10.5. The Labute approximate surface area is 283 Å². The van der Waals surface area contributed by atoms with Crippen molar-refractivity contribution >= 4 is 5.91 Å². The minimum atomic E-state index is -0.955. The molecule has 0 saturated heterocycles. The number of phenols is 1. The second kappa shape index (κ2) is 15.9. The van der Waals surface area contributed by atoms with Gasteiger partial charge in [-0.2, -0.15) is 0 Å². The van der Waals surface area contributed by atoms with Crippen LogP contribution in [0.25, 0.3) is 0 Å². The number of fused-ring (bicyclic) bond motifs is 5. The normalized spacial score (nSPS) is 30.4. The van der Waals surface area contributed by atoms with Crippen LogP contribution in [0.15, 0.2) is 48.5 Å². The number of benzene rings is 2. The largest absolute Gasteiger partial charge is 0.508 e. The summed E-state index contributed by atoms with van der Waals surface area (Å²) in [7, 11) is 0. The molecule has 2 aromatic carbocycles. The zero-order valence-corrected chi connectivity index (χ0v) is 28.9. The highest BCUT2D eigenvalue weighted by molar-refractivity contribution is 5.76. The molecule has 4 nitrogen and oxygen atoms in total. The van der Waals surface area contributed by atoms with Crippen molar-refractivity contribution in [1.29, 1.82) is 0 Å². The van der Waals surface area contributed by atoms with Gasteiger partial charge in [-0.3, -0.25) is 4.79 Å². The highest BCUT2D eigenvalue weighted by Crippen LogP contribution is 2.63. The summed E-state index contributed by atoms with van der Waals surface area (Å²) in [5.41, 5.74) is 3.23. The minimum Gasteiger partial charge on any atom is -0.508 e. The van der Waals surface area contributed by atoms with E-state index in [1.165, 1.54) is 37.7 Å². The van der Waals surface area contributed by atoms with E-state index in [0.29, 0.717) is 30.6 Å². The SMILES string of the molecule is C[C@]12CC(F)C3c4ccc(O)cc4CC(CCCCCCN(CCCc4ccccc4)C(=O)CCC4CCCCC4)C3C1CCC2O. The van der Waals surface area contributed by atoms with Crippen molar-refractivity contribution in [3.63, 3.8) is 0 Å². The summed E-state index contributed by atoms with van der Waals surface area (Å²) in [5, 5.41) is 21.2. The van der Waals surface area contributed by atoms with Crippen LogP contribution in [0, 0.1) is 29.1 Å². The van der Waals surface area contributed by atoms with E-state index in [0.717, 1.165) is 101 Å². The standard InChI is InChI=1S/C42H60FNO3/c1-42-29-37(43)41-35-21-20-34(45)28-33(35)27-32(40(41)36(42)22-23-38(42)46)18-10-2-3-11-25-44(26-12-17-30-13-6-4-7-14-30)39(47)24-19-31-15-8-5-9-16-31/h4,6-7,13-14,20-21,28,31-32,36-38,40-41,45-46H,2-3,5,8-12,15-19,22-27,29H2,1H3/t32?,36?,37?,38?,40?,41?,42-/m0/s1. The summed E-state index contributed by atoms with van der Waals surface area (Å²) < 4.78 is 16.1. The Hall–Kier alpha value is -2.40. The van der Waals surface area contributed by atoms with Gasteiger partial charge in [0, 0.05) is 25.4 Å². The first-order chi connectivity index (χ1) is 22.8. The van der Waals surface area contributed by atoms with Crippen LogP contribution in [-0.4, -0.2) is 46.4 Å². The Kier molecular flexibility index (Phi) is 11.6. The van der Waals surface area contributed by atoms with E-state index < -0.39 is 12.3 Å². The molecule has 0 bridgehead atoms. The fourth-order valence-electron chi connectivity index (χ4n) is 10.5. The summed E-state index contributed by atoms with van der Waals surface area (Å²) >= 11 is 0. The van der Waals surface area contributed by atoms with Gasteiger partial charge in [-0.05, 0) is 116 Å². The maximum atomic E-state index is 16.1. The van der Waals surface area contributed by atoms with E-state index in [9.17, 15) is 15.0 Å². The van der Waals surface area contributed by atoms with Crippen molar-refractivity contribution in [3.05, 3.63) is 65.2 Å². The van der Waals surface area contributed by atoms with Crippen LogP contribution in [0.1, 0.15) is 132 Å². The molecular formula is C42H60FNO3. The quantitative estimate of drug-likeness (QED) is 0.201. The Morgan fingerprint density at radius 1 is 0.915 bits per heavy atom. The Morgan fingerprint density at radius 3 is 2.49 bits per heavy atom. The van der Waals surface area contributed by atoms with E-state index in [4.69, 9.17) is 0 Å². The molecule has 7 atom stereocenters. The van der Waals surface area contributed by atoms with E-state index in [1.54, 1.807) is 6.07 Å². The average molecular weight is 646 g/mol. The zero-order chi connectivity index (χ0) is 32.8. The van der Waals surface area contributed by atoms with E-state index in [1.807, 2.05) is 12.1 Å². The molecule has 0 spiro atoms. The number of alkyl halides is 1. The van der Waals surface area contributed by atoms with Gasteiger partial charge in [-0.25, -0.2) is 4.39 Å². The van der Waals surface area contributed by atoms with Crippen LogP contribution >= 0.6 is 0 Å². The van der Waals surface area contributed by atoms with Crippen molar-refractivity contribution < 1.29 is 19.4 Å². The number of phenolic OH excluding ortho intramolecular Hbond substituents is 1. The minimum absolute atomic E-state index is 0.128. The molecule has 258 valence electrons. The monoisotopic (exact) mass is 645 g/mol. The summed E-state index contributed by atoms with van der Waals surface area (Å²) in [5.74, 6) is 2.20. The van der Waals surface area contributed by atoms with Gasteiger partial charge >= 0.3 is 0 Å². The Bertz CT molecular complexity index is 1290. The summed E-state index contributed by atoms with van der Waals surface area (Å²) in [6, 6.07) is 16.2. The van der Waals surface area contributed by atoms with Gasteiger partial charge in [-0.15, -0.1) is 0 Å². The number of hydrogen-bond donors (Lipinski definition) is 2. The number of carbonyl (C=O) groups excluding carboxylic acids is 1. The van der Waals surface area contributed by atoms with Crippen molar-refractivity contribution in [3.8, 4) is 5.75 Å². The Balaban J connectivity index is 1.02. The summed E-state index contributed by atoms with van der Waals surface area (Å²) in [6.45, 7) is 3.83. The van der Waals surface area contributed by atoms with E-state index in [-0.39, 0.29) is 23.0 Å². The van der Waals surface area contributed by atoms with Gasteiger partial charge in [0.25, 0.3) is 0 Å². The topological polar surface area (TPSA) is 60.8 Å².